The monoisotopic (exact) mass is 304 g/mol. The molecule has 1 fully saturated rings. The summed E-state index contributed by atoms with van der Waals surface area (Å²) < 4.78 is 4.69. The van der Waals surface area contributed by atoms with Gasteiger partial charge in [0.25, 0.3) is 5.56 Å². The van der Waals surface area contributed by atoms with Gasteiger partial charge in [-0.1, -0.05) is 0 Å². The van der Waals surface area contributed by atoms with Crippen molar-refractivity contribution < 1.29 is 4.79 Å². The van der Waals surface area contributed by atoms with Crippen LogP contribution in [0.5, 0.6) is 0 Å². The number of ketones is 1. The zero-order valence-electron chi connectivity index (χ0n) is 12.9. The Morgan fingerprint density at radius 2 is 2.09 bits per heavy atom. The Hall–Kier alpha value is -2.18. The molecule has 0 N–H and O–H groups in total. The zero-order chi connectivity index (χ0) is 15.9. The Bertz CT molecular complexity index is 839. The summed E-state index contributed by atoms with van der Waals surface area (Å²) in [6, 6.07) is 0.148. The molecule has 0 saturated heterocycles. The number of carbonyl (C=O) groups is 1. The molecular formula is C15H20N4O3. The third-order valence-corrected chi connectivity index (χ3v) is 4.09. The van der Waals surface area contributed by atoms with Gasteiger partial charge >= 0.3 is 5.69 Å². The summed E-state index contributed by atoms with van der Waals surface area (Å²) in [5.74, 6) is 0.0650. The Morgan fingerprint density at radius 1 is 1.36 bits per heavy atom. The van der Waals surface area contributed by atoms with Crippen molar-refractivity contribution in [3.05, 3.63) is 27.2 Å². The molecule has 1 aliphatic carbocycles. The third-order valence-electron chi connectivity index (χ3n) is 4.09. The predicted molar refractivity (Wildman–Crippen MR) is 82.1 cm³/mol. The first kappa shape index (κ1) is 14.7. The number of rotatable bonds is 6. The second-order valence-electron chi connectivity index (χ2n) is 5.85. The lowest BCUT2D eigenvalue weighted by Crippen LogP contribution is -2.40. The number of fused-ring (bicyclic) bond motifs is 1. The Kier molecular flexibility index (Phi) is 3.72. The van der Waals surface area contributed by atoms with Crippen molar-refractivity contribution in [1.82, 2.24) is 18.7 Å². The molecule has 0 spiro atoms. The first-order valence-electron chi connectivity index (χ1n) is 7.74. The zero-order valence-corrected chi connectivity index (χ0v) is 12.9. The van der Waals surface area contributed by atoms with Gasteiger partial charge in [-0.25, -0.2) is 9.78 Å². The van der Waals surface area contributed by atoms with Gasteiger partial charge < -0.3 is 9.36 Å². The van der Waals surface area contributed by atoms with Gasteiger partial charge in [-0.3, -0.25) is 13.9 Å². The number of aromatic nitrogens is 4. The van der Waals surface area contributed by atoms with Crippen LogP contribution >= 0.6 is 0 Å². The average molecular weight is 304 g/mol. The molecule has 7 nitrogen and oxygen atoms in total. The highest BCUT2D eigenvalue weighted by molar-refractivity contribution is 5.75. The summed E-state index contributed by atoms with van der Waals surface area (Å²) >= 11 is 0. The van der Waals surface area contributed by atoms with Gasteiger partial charge in [-0.2, -0.15) is 0 Å². The van der Waals surface area contributed by atoms with Crippen LogP contribution in [0, 0.1) is 0 Å². The van der Waals surface area contributed by atoms with E-state index in [1.54, 1.807) is 15.5 Å². The SMILES string of the molecule is CCn1cnc2c1c(=O)n(CCCC(C)=O)c(=O)n2C1CC1. The molecule has 118 valence electrons. The van der Waals surface area contributed by atoms with E-state index in [2.05, 4.69) is 4.98 Å². The average Bonchev–Trinajstić information content (AvgIpc) is 3.20. The third kappa shape index (κ3) is 2.40. The van der Waals surface area contributed by atoms with Gasteiger partial charge in [0.2, 0.25) is 0 Å². The Balaban J connectivity index is 2.16. The van der Waals surface area contributed by atoms with E-state index < -0.39 is 0 Å². The smallest absolute Gasteiger partial charge is 0.325 e. The molecule has 0 aromatic carbocycles. The molecule has 2 heterocycles. The maximum absolute atomic E-state index is 12.7. The summed E-state index contributed by atoms with van der Waals surface area (Å²) in [4.78, 5) is 40.7. The lowest BCUT2D eigenvalue weighted by Gasteiger charge is -2.11. The fourth-order valence-electron chi connectivity index (χ4n) is 2.79. The van der Waals surface area contributed by atoms with Gasteiger partial charge in [-0.05, 0) is 33.1 Å². The minimum atomic E-state index is -0.306. The minimum absolute atomic E-state index is 0.0650. The van der Waals surface area contributed by atoms with Crippen LogP contribution in [0.1, 0.15) is 45.6 Å². The maximum Gasteiger partial charge on any atom is 0.332 e. The first-order chi connectivity index (χ1) is 10.5. The molecule has 0 unspecified atom stereocenters. The molecule has 1 saturated carbocycles. The van der Waals surface area contributed by atoms with Crippen LogP contribution in [0.3, 0.4) is 0 Å². The van der Waals surface area contributed by atoms with Crippen LogP contribution < -0.4 is 11.2 Å². The quantitative estimate of drug-likeness (QED) is 0.800. The molecule has 0 atom stereocenters. The predicted octanol–water partition coefficient (Wildman–Crippen LogP) is 1.08. The second-order valence-corrected chi connectivity index (χ2v) is 5.85. The van der Waals surface area contributed by atoms with E-state index >= 15 is 0 Å². The lowest BCUT2D eigenvalue weighted by molar-refractivity contribution is -0.117. The van der Waals surface area contributed by atoms with Crippen molar-refractivity contribution in [2.24, 2.45) is 0 Å². The van der Waals surface area contributed by atoms with Gasteiger partial charge in [-0.15, -0.1) is 0 Å². The van der Waals surface area contributed by atoms with E-state index in [1.807, 2.05) is 6.92 Å². The number of carbonyl (C=O) groups excluding carboxylic acids is 1. The van der Waals surface area contributed by atoms with Crippen LogP contribution in [-0.2, 0) is 17.9 Å². The Labute approximate surface area is 127 Å². The number of imidazole rings is 1. The van der Waals surface area contributed by atoms with Crippen molar-refractivity contribution in [3.8, 4) is 0 Å². The molecule has 0 bridgehead atoms. The van der Waals surface area contributed by atoms with E-state index in [0.29, 0.717) is 30.6 Å². The fraction of sp³-hybridized carbons (Fsp3) is 0.600. The summed E-state index contributed by atoms with van der Waals surface area (Å²) in [6.07, 6.45) is 4.38. The number of nitrogens with zero attached hydrogens (tertiary/aromatic N) is 4. The van der Waals surface area contributed by atoms with Gasteiger partial charge in [0.05, 0.1) is 6.33 Å². The number of hydrogen-bond donors (Lipinski definition) is 0. The van der Waals surface area contributed by atoms with Gasteiger partial charge in [0.1, 0.15) is 5.78 Å². The molecule has 0 amide bonds. The summed E-state index contributed by atoms with van der Waals surface area (Å²) in [6.45, 7) is 4.35. The molecule has 0 aliphatic heterocycles. The summed E-state index contributed by atoms with van der Waals surface area (Å²) in [7, 11) is 0. The molecule has 2 aromatic heterocycles. The summed E-state index contributed by atoms with van der Waals surface area (Å²) in [5.41, 5.74) is 0.365. The van der Waals surface area contributed by atoms with Crippen LogP contribution in [-0.4, -0.2) is 24.5 Å². The fourth-order valence-corrected chi connectivity index (χ4v) is 2.79. The normalized spacial score (nSPS) is 14.6. The van der Waals surface area contributed by atoms with Gasteiger partial charge in [0.15, 0.2) is 11.2 Å². The van der Waals surface area contributed by atoms with Crippen LogP contribution in [0.4, 0.5) is 0 Å². The molecule has 1 aliphatic rings. The van der Waals surface area contributed by atoms with E-state index in [9.17, 15) is 14.4 Å². The number of Topliss-reactive ketones (excluding diaryl/α,β-unsaturated/α-hetero) is 1. The highest BCUT2D eigenvalue weighted by Gasteiger charge is 2.29. The van der Waals surface area contributed by atoms with Gasteiger partial charge in [0, 0.05) is 25.6 Å². The molecule has 2 aromatic rings. The molecule has 3 rings (SSSR count). The van der Waals surface area contributed by atoms with Crippen molar-refractivity contribution in [1.29, 1.82) is 0 Å². The second kappa shape index (κ2) is 5.55. The molecule has 0 radical (unpaired) electrons. The van der Waals surface area contributed by atoms with Crippen LogP contribution in [0.15, 0.2) is 15.9 Å². The van der Waals surface area contributed by atoms with Crippen LogP contribution in [0.25, 0.3) is 11.2 Å². The van der Waals surface area contributed by atoms with Crippen molar-refractivity contribution in [2.75, 3.05) is 0 Å². The minimum Gasteiger partial charge on any atom is -0.325 e. The number of hydrogen-bond acceptors (Lipinski definition) is 4. The molecule has 22 heavy (non-hydrogen) atoms. The largest absolute Gasteiger partial charge is 0.332 e. The van der Waals surface area contributed by atoms with E-state index in [1.165, 1.54) is 11.5 Å². The lowest BCUT2D eigenvalue weighted by atomic mass is 10.2. The molecule has 7 heteroatoms. The van der Waals surface area contributed by atoms with E-state index in [-0.39, 0.29) is 29.6 Å². The van der Waals surface area contributed by atoms with Crippen molar-refractivity contribution in [3.63, 3.8) is 0 Å². The topological polar surface area (TPSA) is 78.9 Å². The Morgan fingerprint density at radius 3 is 2.68 bits per heavy atom. The molecular weight excluding hydrogens is 284 g/mol. The standard InChI is InChI=1S/C15H20N4O3/c1-3-17-9-16-13-12(17)14(21)18(8-4-5-10(2)20)15(22)19(13)11-6-7-11/h9,11H,3-8H2,1-2H3. The number of aryl methyl sites for hydroxylation is 1. The van der Waals surface area contributed by atoms with E-state index in [4.69, 9.17) is 0 Å². The van der Waals surface area contributed by atoms with Crippen LogP contribution in [0.2, 0.25) is 0 Å². The van der Waals surface area contributed by atoms with Crippen molar-refractivity contribution >= 4 is 16.9 Å². The highest BCUT2D eigenvalue weighted by atomic mass is 16.2. The maximum atomic E-state index is 12.7. The summed E-state index contributed by atoms with van der Waals surface area (Å²) in [5, 5.41) is 0. The van der Waals surface area contributed by atoms with E-state index in [0.717, 1.165) is 12.8 Å². The van der Waals surface area contributed by atoms with Crippen molar-refractivity contribution in [2.45, 2.75) is 58.7 Å². The highest BCUT2D eigenvalue weighted by Crippen LogP contribution is 2.34. The first-order valence-corrected chi connectivity index (χ1v) is 7.74.